The van der Waals surface area contributed by atoms with Gasteiger partial charge in [-0.1, -0.05) is 46.0 Å². The van der Waals surface area contributed by atoms with Gasteiger partial charge in [-0.2, -0.15) is 0 Å². The van der Waals surface area contributed by atoms with E-state index >= 15 is 0 Å². The number of benzene rings is 1. The summed E-state index contributed by atoms with van der Waals surface area (Å²) in [6, 6.07) is 6.81. The van der Waals surface area contributed by atoms with Crippen LogP contribution in [-0.4, -0.2) is 35.2 Å². The van der Waals surface area contributed by atoms with Gasteiger partial charge in [0.25, 0.3) is 0 Å². The molecule has 0 spiro atoms. The summed E-state index contributed by atoms with van der Waals surface area (Å²) in [7, 11) is 1.61. The highest BCUT2D eigenvalue weighted by molar-refractivity contribution is 7.18. The van der Waals surface area contributed by atoms with E-state index in [1.54, 1.807) is 7.11 Å². The largest absolute Gasteiger partial charge is 0.497 e. The third-order valence-corrected chi connectivity index (χ3v) is 4.84. The summed E-state index contributed by atoms with van der Waals surface area (Å²) in [5.74, 6) is 0.262. The quantitative estimate of drug-likeness (QED) is 0.733. The van der Waals surface area contributed by atoms with Crippen LogP contribution >= 0.6 is 11.3 Å². The average Bonchev–Trinajstić information content (AvgIpc) is 3.06. The fourth-order valence-corrected chi connectivity index (χ4v) is 3.30. The molecule has 152 valence electrons. The van der Waals surface area contributed by atoms with E-state index in [9.17, 15) is 9.59 Å². The van der Waals surface area contributed by atoms with Gasteiger partial charge in [0.05, 0.1) is 7.11 Å². The molecule has 1 aromatic carbocycles. The normalized spacial score (nSPS) is 12.5. The third kappa shape index (κ3) is 6.30. The Morgan fingerprint density at radius 3 is 2.32 bits per heavy atom. The van der Waals surface area contributed by atoms with Crippen molar-refractivity contribution in [2.45, 2.75) is 47.1 Å². The van der Waals surface area contributed by atoms with Crippen LogP contribution in [0, 0.1) is 11.3 Å². The Kier molecular flexibility index (Phi) is 7.12. The molecule has 0 radical (unpaired) electrons. The topological polar surface area (TPSA) is 93.2 Å². The molecule has 1 aromatic heterocycles. The monoisotopic (exact) mass is 404 g/mol. The van der Waals surface area contributed by atoms with Crippen LogP contribution in [-0.2, 0) is 9.59 Å². The lowest BCUT2D eigenvalue weighted by Gasteiger charge is -2.24. The molecule has 2 aromatic rings. The van der Waals surface area contributed by atoms with Crippen molar-refractivity contribution < 1.29 is 14.3 Å². The molecule has 0 bridgehead atoms. The van der Waals surface area contributed by atoms with Gasteiger partial charge in [-0.25, -0.2) is 0 Å². The second-order valence-electron chi connectivity index (χ2n) is 8.16. The number of carbonyl (C=O) groups excluding carboxylic acids is 2. The summed E-state index contributed by atoms with van der Waals surface area (Å²) in [5.41, 5.74) is 0.742. The molecule has 1 heterocycles. The van der Waals surface area contributed by atoms with Gasteiger partial charge in [0.1, 0.15) is 16.8 Å². The lowest BCUT2D eigenvalue weighted by atomic mass is 9.91. The number of ether oxygens (including phenoxy) is 1. The number of nitrogens with zero attached hydrogens (tertiary/aromatic N) is 2. The van der Waals surface area contributed by atoms with Gasteiger partial charge in [0.15, 0.2) is 0 Å². The van der Waals surface area contributed by atoms with Crippen LogP contribution in [0.15, 0.2) is 24.3 Å². The summed E-state index contributed by atoms with van der Waals surface area (Å²) in [5, 5.41) is 14.9. The molecule has 7 nitrogen and oxygen atoms in total. The summed E-state index contributed by atoms with van der Waals surface area (Å²) in [6.45, 7) is 9.74. The maximum absolute atomic E-state index is 12.7. The molecular weight excluding hydrogens is 376 g/mol. The van der Waals surface area contributed by atoms with Gasteiger partial charge < -0.3 is 10.1 Å². The molecule has 2 amide bonds. The van der Waals surface area contributed by atoms with Crippen molar-refractivity contribution >= 4 is 28.3 Å². The number of hydrogen-bond acceptors (Lipinski definition) is 6. The Bertz CT molecular complexity index is 810. The molecule has 0 aliphatic rings. The molecule has 0 saturated heterocycles. The number of methoxy groups -OCH3 is 1. The molecule has 0 saturated carbocycles. The summed E-state index contributed by atoms with van der Waals surface area (Å²) in [4.78, 5) is 24.9. The predicted molar refractivity (Wildman–Crippen MR) is 111 cm³/mol. The van der Waals surface area contributed by atoms with Crippen molar-refractivity contribution in [1.82, 2.24) is 15.5 Å². The zero-order valence-corrected chi connectivity index (χ0v) is 18.0. The number of carbonyl (C=O) groups is 2. The number of hydrogen-bond donors (Lipinski definition) is 2. The van der Waals surface area contributed by atoms with Crippen LogP contribution in [0.4, 0.5) is 5.13 Å². The first kappa shape index (κ1) is 21.8. The summed E-state index contributed by atoms with van der Waals surface area (Å²) in [6.07, 6.45) is 0.351. The third-order valence-electron chi connectivity index (χ3n) is 3.95. The minimum atomic E-state index is -0.636. The maximum atomic E-state index is 12.7. The van der Waals surface area contributed by atoms with Crippen molar-refractivity contribution in [3.8, 4) is 16.3 Å². The zero-order chi connectivity index (χ0) is 20.9. The van der Waals surface area contributed by atoms with Crippen LogP contribution < -0.4 is 15.4 Å². The summed E-state index contributed by atoms with van der Waals surface area (Å²) < 4.78 is 5.15. The Morgan fingerprint density at radius 1 is 1.14 bits per heavy atom. The molecule has 0 aliphatic carbocycles. The zero-order valence-electron chi connectivity index (χ0n) is 17.2. The lowest BCUT2D eigenvalue weighted by Crippen LogP contribution is -2.47. The van der Waals surface area contributed by atoms with E-state index in [1.165, 1.54) is 11.3 Å². The first-order valence-corrected chi connectivity index (χ1v) is 9.99. The van der Waals surface area contributed by atoms with Crippen LogP contribution in [0.25, 0.3) is 10.6 Å². The van der Waals surface area contributed by atoms with Gasteiger partial charge in [-0.05, 0) is 35.6 Å². The first-order chi connectivity index (χ1) is 13.1. The highest BCUT2D eigenvalue weighted by Crippen LogP contribution is 2.28. The van der Waals surface area contributed by atoms with E-state index in [-0.39, 0.29) is 23.1 Å². The standard InChI is InChI=1S/C20H28N4O3S/c1-12(2)16(21-15(25)11-20(3,4)5)17(26)22-19-24-23-18(28-19)13-7-9-14(27-6)10-8-13/h7-10,12,16H,11H2,1-6H3,(H,21,25)(H,22,24,26). The van der Waals surface area contributed by atoms with E-state index in [4.69, 9.17) is 4.74 Å². The van der Waals surface area contributed by atoms with Crippen molar-refractivity contribution in [2.75, 3.05) is 12.4 Å². The molecule has 1 unspecified atom stereocenters. The number of rotatable bonds is 7. The number of amides is 2. The molecular formula is C20H28N4O3S. The van der Waals surface area contributed by atoms with Gasteiger partial charge >= 0.3 is 0 Å². The fourth-order valence-electron chi connectivity index (χ4n) is 2.55. The van der Waals surface area contributed by atoms with Crippen molar-refractivity contribution in [2.24, 2.45) is 11.3 Å². The van der Waals surface area contributed by atoms with Crippen molar-refractivity contribution in [3.63, 3.8) is 0 Å². The van der Waals surface area contributed by atoms with Crippen molar-refractivity contribution in [1.29, 1.82) is 0 Å². The van der Waals surface area contributed by atoms with Gasteiger partial charge in [0, 0.05) is 12.0 Å². The Hall–Kier alpha value is -2.48. The Morgan fingerprint density at radius 2 is 1.79 bits per heavy atom. The highest BCUT2D eigenvalue weighted by Gasteiger charge is 2.27. The highest BCUT2D eigenvalue weighted by atomic mass is 32.1. The second-order valence-corrected chi connectivity index (χ2v) is 9.13. The molecule has 28 heavy (non-hydrogen) atoms. The SMILES string of the molecule is COc1ccc(-c2nnc(NC(=O)C(NC(=O)CC(C)(C)C)C(C)C)s2)cc1. The van der Waals surface area contributed by atoms with Crippen LogP contribution in [0.1, 0.15) is 41.0 Å². The van der Waals surface area contributed by atoms with E-state index < -0.39 is 6.04 Å². The lowest BCUT2D eigenvalue weighted by molar-refractivity contribution is -0.128. The molecule has 2 N–H and O–H groups in total. The first-order valence-electron chi connectivity index (χ1n) is 9.17. The fraction of sp³-hybridized carbons (Fsp3) is 0.500. The summed E-state index contributed by atoms with van der Waals surface area (Å²) >= 11 is 1.28. The maximum Gasteiger partial charge on any atom is 0.249 e. The van der Waals surface area contributed by atoms with E-state index in [2.05, 4.69) is 20.8 Å². The average molecular weight is 405 g/mol. The van der Waals surface area contributed by atoms with Gasteiger partial charge in [-0.15, -0.1) is 10.2 Å². The molecule has 0 fully saturated rings. The molecule has 1 atom stereocenters. The van der Waals surface area contributed by atoms with Gasteiger partial charge in [-0.3, -0.25) is 14.9 Å². The van der Waals surface area contributed by atoms with Crippen LogP contribution in [0.5, 0.6) is 5.75 Å². The van der Waals surface area contributed by atoms with Gasteiger partial charge in [0.2, 0.25) is 16.9 Å². The Labute approximate surface area is 169 Å². The Balaban J connectivity index is 2.05. The van der Waals surface area contributed by atoms with E-state index in [0.29, 0.717) is 16.6 Å². The van der Waals surface area contributed by atoms with E-state index in [1.807, 2.05) is 58.9 Å². The molecule has 8 heteroatoms. The van der Waals surface area contributed by atoms with Crippen LogP contribution in [0.2, 0.25) is 0 Å². The molecule has 0 aliphatic heterocycles. The minimum Gasteiger partial charge on any atom is -0.497 e. The minimum absolute atomic E-state index is 0.0575. The van der Waals surface area contributed by atoms with Crippen molar-refractivity contribution in [3.05, 3.63) is 24.3 Å². The second kappa shape index (κ2) is 9.14. The van der Waals surface area contributed by atoms with E-state index in [0.717, 1.165) is 11.3 Å². The smallest absolute Gasteiger partial charge is 0.249 e. The number of anilines is 1. The number of nitrogens with one attached hydrogen (secondary N) is 2. The van der Waals surface area contributed by atoms with Crippen LogP contribution in [0.3, 0.4) is 0 Å². The number of aromatic nitrogens is 2. The molecule has 2 rings (SSSR count). The predicted octanol–water partition coefficient (Wildman–Crippen LogP) is 3.73.